The molecule has 1 fully saturated rings. The number of hydrogen-bond donors (Lipinski definition) is 2. The SMILES string of the molecule is COc1ccc(C(=O)N[C@H]2C[C@H]3C(=O)Nc4ccc(-c5ccc6c(c5)OCO6)cc4C(=O)N3C2)cc1. The molecule has 3 aliphatic heterocycles. The van der Waals surface area contributed by atoms with Crippen molar-refractivity contribution < 1.29 is 28.6 Å². The maximum absolute atomic E-state index is 13.6. The Labute approximate surface area is 206 Å². The standard InChI is InChI=1S/C27H23N3O6/c1-34-19-6-2-15(3-7-19)25(31)28-18-12-22-26(32)29-21-8-4-16(10-20(21)27(33)30(22)13-18)17-5-9-23-24(11-17)36-14-35-23/h2-11,18,22H,12-14H2,1H3,(H,28,31)(H,29,32)/t18-,22-/m0/s1. The second-order valence-corrected chi connectivity index (χ2v) is 8.93. The third-order valence-corrected chi connectivity index (χ3v) is 6.77. The van der Waals surface area contributed by atoms with Crippen LogP contribution in [0.4, 0.5) is 5.69 Å². The van der Waals surface area contributed by atoms with Crippen LogP contribution in [0.25, 0.3) is 11.1 Å². The van der Waals surface area contributed by atoms with Crippen LogP contribution >= 0.6 is 0 Å². The predicted molar refractivity (Wildman–Crippen MR) is 130 cm³/mol. The van der Waals surface area contributed by atoms with Crippen LogP contribution < -0.4 is 24.8 Å². The van der Waals surface area contributed by atoms with Crippen LogP contribution in [-0.4, -0.2) is 55.2 Å². The van der Waals surface area contributed by atoms with Crippen molar-refractivity contribution in [2.24, 2.45) is 0 Å². The summed E-state index contributed by atoms with van der Waals surface area (Å²) in [5, 5.41) is 5.85. The molecule has 9 heteroatoms. The highest BCUT2D eigenvalue weighted by atomic mass is 16.7. The lowest BCUT2D eigenvalue weighted by molar-refractivity contribution is -0.119. The summed E-state index contributed by atoms with van der Waals surface area (Å²) in [4.78, 5) is 40.9. The van der Waals surface area contributed by atoms with Crippen molar-refractivity contribution in [2.45, 2.75) is 18.5 Å². The molecule has 2 atom stereocenters. The summed E-state index contributed by atoms with van der Waals surface area (Å²) < 4.78 is 16.0. The molecule has 0 aliphatic carbocycles. The monoisotopic (exact) mass is 485 g/mol. The molecule has 1 saturated heterocycles. The molecule has 3 aromatic carbocycles. The summed E-state index contributed by atoms with van der Waals surface area (Å²) in [6, 6.07) is 16.7. The molecule has 0 saturated carbocycles. The van der Waals surface area contributed by atoms with Crippen molar-refractivity contribution >= 4 is 23.4 Å². The van der Waals surface area contributed by atoms with E-state index in [0.29, 0.717) is 40.5 Å². The first-order valence-electron chi connectivity index (χ1n) is 11.6. The lowest BCUT2D eigenvalue weighted by Gasteiger charge is -2.20. The quantitative estimate of drug-likeness (QED) is 0.589. The normalized spacial score (nSPS) is 19.8. The van der Waals surface area contributed by atoms with E-state index in [-0.39, 0.29) is 37.1 Å². The summed E-state index contributed by atoms with van der Waals surface area (Å²) >= 11 is 0. The minimum absolute atomic E-state index is 0.181. The maximum atomic E-state index is 13.6. The van der Waals surface area contributed by atoms with E-state index in [2.05, 4.69) is 10.6 Å². The molecule has 2 N–H and O–H groups in total. The van der Waals surface area contributed by atoms with Crippen molar-refractivity contribution in [3.63, 3.8) is 0 Å². The van der Waals surface area contributed by atoms with Gasteiger partial charge < -0.3 is 29.7 Å². The number of fused-ring (bicyclic) bond motifs is 3. The highest BCUT2D eigenvalue weighted by Crippen LogP contribution is 2.37. The molecule has 0 bridgehead atoms. The molecule has 0 aromatic heterocycles. The fraction of sp³-hybridized carbons (Fsp3) is 0.222. The highest BCUT2D eigenvalue weighted by molar-refractivity contribution is 6.11. The van der Waals surface area contributed by atoms with Crippen LogP contribution in [0.15, 0.2) is 60.7 Å². The average molecular weight is 485 g/mol. The number of anilines is 1. The molecule has 36 heavy (non-hydrogen) atoms. The van der Waals surface area contributed by atoms with E-state index in [9.17, 15) is 14.4 Å². The van der Waals surface area contributed by atoms with Gasteiger partial charge in [0.1, 0.15) is 11.8 Å². The minimum Gasteiger partial charge on any atom is -0.497 e. The first-order valence-corrected chi connectivity index (χ1v) is 11.6. The third kappa shape index (κ3) is 3.78. The summed E-state index contributed by atoms with van der Waals surface area (Å²) in [7, 11) is 1.56. The van der Waals surface area contributed by atoms with Crippen molar-refractivity contribution in [1.82, 2.24) is 10.2 Å². The van der Waals surface area contributed by atoms with Gasteiger partial charge in [-0.05, 0) is 66.1 Å². The minimum atomic E-state index is -0.667. The molecule has 3 aliphatic rings. The van der Waals surface area contributed by atoms with Crippen LogP contribution in [0, 0.1) is 0 Å². The molecule has 6 rings (SSSR count). The van der Waals surface area contributed by atoms with Gasteiger partial charge in [0.25, 0.3) is 11.8 Å². The number of rotatable bonds is 4. The van der Waals surface area contributed by atoms with E-state index >= 15 is 0 Å². The Kier molecular flexibility index (Phi) is 5.25. The van der Waals surface area contributed by atoms with Gasteiger partial charge in [-0.2, -0.15) is 0 Å². The van der Waals surface area contributed by atoms with Gasteiger partial charge in [0, 0.05) is 18.2 Å². The number of nitrogens with zero attached hydrogens (tertiary/aromatic N) is 1. The largest absolute Gasteiger partial charge is 0.497 e. The third-order valence-electron chi connectivity index (χ3n) is 6.77. The maximum Gasteiger partial charge on any atom is 0.256 e. The molecule has 0 unspecified atom stereocenters. The molecule has 3 aromatic rings. The number of benzene rings is 3. The van der Waals surface area contributed by atoms with Crippen LogP contribution in [0.5, 0.6) is 17.2 Å². The van der Waals surface area contributed by atoms with E-state index in [0.717, 1.165) is 11.1 Å². The molecule has 3 heterocycles. The number of amides is 3. The molecular weight excluding hydrogens is 462 g/mol. The summed E-state index contributed by atoms with van der Waals surface area (Å²) in [6.45, 7) is 0.423. The van der Waals surface area contributed by atoms with Gasteiger partial charge in [0.15, 0.2) is 11.5 Å². The topological polar surface area (TPSA) is 106 Å². The summed E-state index contributed by atoms with van der Waals surface area (Å²) in [5.41, 5.74) is 3.04. The van der Waals surface area contributed by atoms with E-state index in [1.165, 1.54) is 0 Å². The Morgan fingerprint density at radius 3 is 2.56 bits per heavy atom. The van der Waals surface area contributed by atoms with Crippen LogP contribution in [0.1, 0.15) is 27.1 Å². The van der Waals surface area contributed by atoms with Crippen molar-refractivity contribution in [1.29, 1.82) is 0 Å². The lowest BCUT2D eigenvalue weighted by atomic mass is 10.0. The Morgan fingerprint density at radius 1 is 1.00 bits per heavy atom. The van der Waals surface area contributed by atoms with E-state index < -0.39 is 6.04 Å². The van der Waals surface area contributed by atoms with Crippen LogP contribution in [0.3, 0.4) is 0 Å². The second-order valence-electron chi connectivity index (χ2n) is 8.93. The van der Waals surface area contributed by atoms with Crippen molar-refractivity contribution in [2.75, 3.05) is 25.8 Å². The number of hydrogen-bond acceptors (Lipinski definition) is 6. The molecule has 9 nitrogen and oxygen atoms in total. The van der Waals surface area contributed by atoms with Crippen molar-refractivity contribution in [3.05, 3.63) is 71.8 Å². The fourth-order valence-electron chi connectivity index (χ4n) is 4.88. The van der Waals surface area contributed by atoms with E-state index in [4.69, 9.17) is 14.2 Å². The molecule has 0 radical (unpaired) electrons. The summed E-state index contributed by atoms with van der Waals surface area (Å²) in [6.07, 6.45) is 0.336. The average Bonchev–Trinajstić information content (AvgIpc) is 3.53. The first kappa shape index (κ1) is 22.0. The van der Waals surface area contributed by atoms with Crippen LogP contribution in [0.2, 0.25) is 0 Å². The summed E-state index contributed by atoms with van der Waals surface area (Å²) in [5.74, 6) is 1.20. The van der Waals surface area contributed by atoms with Gasteiger partial charge in [-0.15, -0.1) is 0 Å². The molecule has 182 valence electrons. The fourth-order valence-corrected chi connectivity index (χ4v) is 4.88. The predicted octanol–water partition coefficient (Wildman–Crippen LogP) is 3.06. The Bertz CT molecular complexity index is 1390. The van der Waals surface area contributed by atoms with E-state index in [1.54, 1.807) is 48.4 Å². The number of carbonyl (C=O) groups is 3. The lowest BCUT2D eigenvalue weighted by Crippen LogP contribution is -2.41. The first-order chi connectivity index (χ1) is 17.5. The van der Waals surface area contributed by atoms with Gasteiger partial charge in [-0.25, -0.2) is 0 Å². The van der Waals surface area contributed by atoms with Gasteiger partial charge in [-0.3, -0.25) is 14.4 Å². The van der Waals surface area contributed by atoms with Gasteiger partial charge in [0.2, 0.25) is 12.7 Å². The molecule has 0 spiro atoms. The zero-order valence-electron chi connectivity index (χ0n) is 19.4. The zero-order chi connectivity index (χ0) is 24.8. The number of ether oxygens (including phenoxy) is 3. The number of methoxy groups -OCH3 is 1. The van der Waals surface area contributed by atoms with E-state index in [1.807, 2.05) is 24.3 Å². The smallest absolute Gasteiger partial charge is 0.256 e. The number of carbonyl (C=O) groups excluding carboxylic acids is 3. The zero-order valence-corrected chi connectivity index (χ0v) is 19.4. The van der Waals surface area contributed by atoms with Gasteiger partial charge in [-0.1, -0.05) is 12.1 Å². The second kappa shape index (κ2) is 8.60. The highest BCUT2D eigenvalue weighted by Gasteiger charge is 2.43. The molecular formula is C27H23N3O6. The number of nitrogens with one attached hydrogen (secondary N) is 2. The van der Waals surface area contributed by atoms with Gasteiger partial charge in [0.05, 0.1) is 18.4 Å². The van der Waals surface area contributed by atoms with Crippen molar-refractivity contribution in [3.8, 4) is 28.4 Å². The Hall–Kier alpha value is -4.53. The van der Waals surface area contributed by atoms with Gasteiger partial charge >= 0.3 is 0 Å². The Morgan fingerprint density at radius 2 is 1.75 bits per heavy atom. The Balaban J connectivity index is 1.23. The van der Waals surface area contributed by atoms with Crippen LogP contribution in [-0.2, 0) is 4.79 Å². The molecule has 3 amide bonds.